The number of anilines is 1. The van der Waals surface area contributed by atoms with Crippen molar-refractivity contribution in [2.24, 2.45) is 29.4 Å². The number of hydrogen-bond acceptors (Lipinski definition) is 4. The normalized spacial score (nSPS) is 26.5. The highest BCUT2D eigenvalue weighted by atomic mass is 32.1. The first kappa shape index (κ1) is 19.6. The third kappa shape index (κ3) is 3.29. The molecule has 0 spiro atoms. The molecule has 0 unspecified atom stereocenters. The molecule has 1 heterocycles. The van der Waals surface area contributed by atoms with E-state index in [1.54, 1.807) is 6.07 Å². The number of primary amides is 1. The number of thiophene rings is 1. The first-order valence-electron chi connectivity index (χ1n) is 9.27. The molecule has 4 atom stereocenters. The number of allylic oxidation sites excluding steroid dienone is 2. The van der Waals surface area contributed by atoms with E-state index in [2.05, 4.69) is 5.32 Å². The van der Waals surface area contributed by atoms with Crippen molar-refractivity contribution >= 4 is 34.1 Å². The zero-order valence-corrected chi connectivity index (χ0v) is 16.9. The molecule has 7 heteroatoms. The van der Waals surface area contributed by atoms with E-state index in [0.29, 0.717) is 5.00 Å². The number of carbonyl (C=O) groups excluding carboxylic acids is 2. The van der Waals surface area contributed by atoms with Crippen LogP contribution in [0.25, 0.3) is 0 Å². The number of rotatable bonds is 5. The Morgan fingerprint density at radius 2 is 1.78 bits per heavy atom. The lowest BCUT2D eigenvalue weighted by molar-refractivity contribution is -0.148. The predicted molar refractivity (Wildman–Crippen MR) is 105 cm³/mol. The van der Waals surface area contributed by atoms with E-state index in [1.165, 1.54) is 11.3 Å². The molecule has 2 saturated carbocycles. The van der Waals surface area contributed by atoms with Gasteiger partial charge in [-0.15, -0.1) is 11.3 Å². The average Bonchev–Trinajstić information content (AvgIpc) is 3.24. The molecule has 0 aliphatic heterocycles. The van der Waals surface area contributed by atoms with Gasteiger partial charge in [0, 0.05) is 4.88 Å². The maximum absolute atomic E-state index is 13.1. The summed E-state index contributed by atoms with van der Waals surface area (Å²) >= 11 is 1.33. The second-order valence-electron chi connectivity index (χ2n) is 8.04. The minimum Gasteiger partial charge on any atom is -0.481 e. The van der Waals surface area contributed by atoms with Crippen LogP contribution in [-0.2, 0) is 9.59 Å². The van der Waals surface area contributed by atoms with Crippen LogP contribution >= 0.6 is 11.3 Å². The summed E-state index contributed by atoms with van der Waals surface area (Å²) in [6, 6.07) is 1.71. The second-order valence-corrected chi connectivity index (χ2v) is 9.12. The van der Waals surface area contributed by atoms with Crippen LogP contribution in [0.3, 0.4) is 0 Å². The first-order chi connectivity index (χ1) is 12.6. The molecule has 0 radical (unpaired) electrons. The molecular formula is C20H26N2O4S. The molecule has 6 nitrogen and oxygen atoms in total. The summed E-state index contributed by atoms with van der Waals surface area (Å²) < 4.78 is 0. The molecule has 4 N–H and O–H groups in total. The van der Waals surface area contributed by atoms with E-state index in [1.807, 2.05) is 27.7 Å². The summed E-state index contributed by atoms with van der Waals surface area (Å²) in [5, 5.41) is 13.0. The van der Waals surface area contributed by atoms with Crippen LogP contribution in [0.5, 0.6) is 0 Å². The zero-order chi connectivity index (χ0) is 20.0. The molecule has 2 amide bonds. The number of amides is 2. The topological polar surface area (TPSA) is 109 Å². The molecule has 27 heavy (non-hydrogen) atoms. The van der Waals surface area contributed by atoms with E-state index in [-0.39, 0.29) is 29.2 Å². The van der Waals surface area contributed by atoms with Gasteiger partial charge < -0.3 is 16.2 Å². The fraction of sp³-hybridized carbons (Fsp3) is 0.550. The summed E-state index contributed by atoms with van der Waals surface area (Å²) in [7, 11) is 0. The summed E-state index contributed by atoms with van der Waals surface area (Å²) in [6.07, 6.45) is 1.65. The van der Waals surface area contributed by atoms with Crippen molar-refractivity contribution < 1.29 is 19.5 Å². The van der Waals surface area contributed by atoms with Crippen molar-refractivity contribution in [3.8, 4) is 0 Å². The van der Waals surface area contributed by atoms with Gasteiger partial charge in [0.25, 0.3) is 5.91 Å². The van der Waals surface area contributed by atoms with Crippen LogP contribution in [0.4, 0.5) is 5.00 Å². The highest BCUT2D eigenvalue weighted by molar-refractivity contribution is 7.16. The molecule has 146 valence electrons. The second kappa shape index (κ2) is 7.11. The summed E-state index contributed by atoms with van der Waals surface area (Å²) in [5.74, 6) is -3.09. The Kier molecular flexibility index (Phi) is 5.16. The monoisotopic (exact) mass is 390 g/mol. The largest absolute Gasteiger partial charge is 0.481 e. The fourth-order valence-electron chi connectivity index (χ4n) is 4.77. The number of fused-ring (bicyclic) bond motifs is 2. The van der Waals surface area contributed by atoms with E-state index in [4.69, 9.17) is 5.73 Å². The SMILES string of the molecule is CC(C)=C1[C@H]2CC[C@@H]1[C@H](C(=O)Nc1sc(C(C)C)cc1C(N)=O)[C@H]2C(=O)O. The van der Waals surface area contributed by atoms with E-state index < -0.39 is 23.7 Å². The number of aliphatic carboxylic acids is 1. The van der Waals surface area contributed by atoms with E-state index in [0.717, 1.165) is 28.9 Å². The predicted octanol–water partition coefficient (Wildman–Crippen LogP) is 3.60. The van der Waals surface area contributed by atoms with Crippen molar-refractivity contribution in [2.45, 2.75) is 46.5 Å². The molecule has 1 aromatic heterocycles. The number of nitrogens with one attached hydrogen (secondary N) is 1. The molecular weight excluding hydrogens is 364 g/mol. The maximum Gasteiger partial charge on any atom is 0.307 e. The third-order valence-electron chi connectivity index (χ3n) is 5.83. The van der Waals surface area contributed by atoms with Crippen LogP contribution in [0.2, 0.25) is 0 Å². The highest BCUT2D eigenvalue weighted by Crippen LogP contribution is 2.57. The van der Waals surface area contributed by atoms with Crippen molar-refractivity contribution in [1.82, 2.24) is 0 Å². The van der Waals surface area contributed by atoms with Crippen molar-refractivity contribution in [3.05, 3.63) is 27.7 Å². The van der Waals surface area contributed by atoms with E-state index >= 15 is 0 Å². The van der Waals surface area contributed by atoms with Gasteiger partial charge in [0.1, 0.15) is 5.00 Å². The Morgan fingerprint density at radius 1 is 1.19 bits per heavy atom. The van der Waals surface area contributed by atoms with Gasteiger partial charge in [0.05, 0.1) is 17.4 Å². The quantitative estimate of drug-likeness (QED) is 0.667. The maximum atomic E-state index is 13.1. The molecule has 2 aliphatic carbocycles. The Labute approximate surface area is 162 Å². The zero-order valence-electron chi connectivity index (χ0n) is 16.0. The number of carboxylic acid groups (broad SMARTS) is 1. The molecule has 1 aromatic rings. The van der Waals surface area contributed by atoms with Crippen LogP contribution < -0.4 is 11.1 Å². The Bertz CT molecular complexity index is 835. The third-order valence-corrected chi connectivity index (χ3v) is 7.18. The smallest absolute Gasteiger partial charge is 0.307 e. The Hall–Kier alpha value is -2.15. The minimum atomic E-state index is -0.926. The van der Waals surface area contributed by atoms with Crippen molar-refractivity contribution in [1.29, 1.82) is 0 Å². The number of nitrogens with two attached hydrogens (primary N) is 1. The number of carbonyl (C=O) groups is 3. The van der Waals surface area contributed by atoms with Crippen molar-refractivity contribution in [3.63, 3.8) is 0 Å². The Balaban J connectivity index is 1.93. The van der Waals surface area contributed by atoms with Gasteiger partial charge in [-0.2, -0.15) is 0 Å². The average molecular weight is 391 g/mol. The fourth-order valence-corrected chi connectivity index (χ4v) is 5.84. The number of hydrogen-bond donors (Lipinski definition) is 3. The summed E-state index contributed by atoms with van der Waals surface area (Å²) in [4.78, 5) is 37.7. The molecule has 2 bridgehead atoms. The molecule has 0 aromatic carbocycles. The van der Waals surface area contributed by atoms with Gasteiger partial charge in [0.15, 0.2) is 0 Å². The lowest BCUT2D eigenvalue weighted by atomic mass is 9.79. The summed E-state index contributed by atoms with van der Waals surface area (Å²) in [6.45, 7) is 7.97. The summed E-state index contributed by atoms with van der Waals surface area (Å²) in [5.41, 5.74) is 8.00. The van der Waals surface area contributed by atoms with Gasteiger partial charge in [-0.25, -0.2) is 0 Å². The van der Waals surface area contributed by atoms with Gasteiger partial charge in [0.2, 0.25) is 5.91 Å². The van der Waals surface area contributed by atoms with Crippen LogP contribution in [0, 0.1) is 23.7 Å². The van der Waals surface area contributed by atoms with E-state index in [9.17, 15) is 19.5 Å². The molecule has 3 rings (SSSR count). The minimum absolute atomic E-state index is 0.0392. The van der Waals surface area contributed by atoms with Gasteiger partial charge in [-0.3, -0.25) is 14.4 Å². The molecule has 0 saturated heterocycles. The van der Waals surface area contributed by atoms with Gasteiger partial charge in [-0.05, 0) is 50.5 Å². The Morgan fingerprint density at radius 3 is 2.26 bits per heavy atom. The van der Waals surface area contributed by atoms with Gasteiger partial charge >= 0.3 is 5.97 Å². The van der Waals surface area contributed by atoms with Gasteiger partial charge in [-0.1, -0.05) is 25.0 Å². The standard InChI is InChI=1S/C20H26N2O4S/c1-8(2)13-7-12(17(21)23)19(27-13)22-18(24)15-10-5-6-11(14(10)9(3)4)16(15)20(25)26/h7-8,10-11,15-16H,5-6H2,1-4H3,(H2,21,23)(H,22,24)(H,25,26)/t10-,11+,15-,16-/m0/s1. The number of carboxylic acids is 1. The van der Waals surface area contributed by atoms with Crippen molar-refractivity contribution in [2.75, 3.05) is 5.32 Å². The highest BCUT2D eigenvalue weighted by Gasteiger charge is 2.57. The molecule has 2 aliphatic rings. The lowest BCUT2D eigenvalue weighted by Crippen LogP contribution is -2.38. The van der Waals surface area contributed by atoms with Crippen LogP contribution in [0.1, 0.15) is 61.7 Å². The lowest BCUT2D eigenvalue weighted by Gasteiger charge is -2.26. The van der Waals surface area contributed by atoms with Crippen LogP contribution in [-0.4, -0.2) is 22.9 Å². The first-order valence-corrected chi connectivity index (χ1v) is 10.1. The van der Waals surface area contributed by atoms with Crippen LogP contribution in [0.15, 0.2) is 17.2 Å². The molecule has 2 fully saturated rings.